The van der Waals surface area contributed by atoms with E-state index in [-0.39, 0.29) is 28.7 Å². The highest BCUT2D eigenvalue weighted by Gasteiger charge is 2.35. The maximum Gasteiger partial charge on any atom is 0.241 e. The van der Waals surface area contributed by atoms with Crippen molar-refractivity contribution in [1.82, 2.24) is 14.5 Å². The van der Waals surface area contributed by atoms with Crippen molar-refractivity contribution in [3.05, 3.63) is 29.3 Å². The third-order valence-corrected chi connectivity index (χ3v) is 7.80. The normalized spacial score (nSPS) is 17.9. The summed E-state index contributed by atoms with van der Waals surface area (Å²) in [6.07, 6.45) is 6.03. The van der Waals surface area contributed by atoms with E-state index in [1.54, 1.807) is 4.90 Å². The summed E-state index contributed by atoms with van der Waals surface area (Å²) in [5.74, 6) is -0.367. The van der Waals surface area contributed by atoms with Crippen LogP contribution in [0, 0.1) is 5.92 Å². The SMILES string of the molecule is CCCCCCCC(=O)N1CCN(C(=O)C(NS(=O)(=O)c2ccc(Cl)cc2)C(C)C)CC1C. The van der Waals surface area contributed by atoms with Gasteiger partial charge in [0.05, 0.1) is 4.90 Å². The number of carbonyl (C=O) groups is 2. The molecule has 0 radical (unpaired) electrons. The van der Waals surface area contributed by atoms with Gasteiger partial charge in [-0.25, -0.2) is 8.42 Å². The number of piperazine rings is 1. The molecule has 1 aromatic carbocycles. The van der Waals surface area contributed by atoms with E-state index in [1.165, 1.54) is 37.1 Å². The predicted octanol–water partition coefficient (Wildman–Crippen LogP) is 4.06. The number of nitrogens with one attached hydrogen (secondary N) is 1. The van der Waals surface area contributed by atoms with Gasteiger partial charge in [0.2, 0.25) is 21.8 Å². The third kappa shape index (κ3) is 7.97. The molecular formula is C24H38ClN3O4S. The molecule has 1 N–H and O–H groups in total. The van der Waals surface area contributed by atoms with E-state index in [0.717, 1.165) is 19.3 Å². The Kier molecular flexibility index (Phi) is 10.6. The first kappa shape index (κ1) is 27.6. The molecule has 7 nitrogen and oxygen atoms in total. The molecule has 33 heavy (non-hydrogen) atoms. The molecule has 0 spiro atoms. The molecule has 2 atom stereocenters. The molecule has 1 aliphatic rings. The molecule has 186 valence electrons. The van der Waals surface area contributed by atoms with Gasteiger partial charge < -0.3 is 9.80 Å². The topological polar surface area (TPSA) is 86.8 Å². The average molecular weight is 500 g/mol. The number of nitrogens with zero attached hydrogens (tertiary/aromatic N) is 2. The van der Waals surface area contributed by atoms with Gasteiger partial charge in [0.1, 0.15) is 6.04 Å². The van der Waals surface area contributed by atoms with Crippen molar-refractivity contribution in [1.29, 1.82) is 0 Å². The van der Waals surface area contributed by atoms with Crippen LogP contribution in [0.1, 0.15) is 66.2 Å². The fourth-order valence-electron chi connectivity index (χ4n) is 4.07. The number of sulfonamides is 1. The minimum Gasteiger partial charge on any atom is -0.337 e. The Morgan fingerprint density at radius 1 is 1.09 bits per heavy atom. The van der Waals surface area contributed by atoms with Crippen LogP contribution in [0.25, 0.3) is 0 Å². The Bertz CT molecular complexity index is 889. The number of benzene rings is 1. The van der Waals surface area contributed by atoms with Crippen LogP contribution < -0.4 is 4.72 Å². The monoisotopic (exact) mass is 499 g/mol. The molecule has 1 fully saturated rings. The number of hydrogen-bond acceptors (Lipinski definition) is 4. The fraction of sp³-hybridized carbons (Fsp3) is 0.667. The van der Waals surface area contributed by atoms with Crippen molar-refractivity contribution in [2.75, 3.05) is 19.6 Å². The van der Waals surface area contributed by atoms with Crippen LogP contribution in [-0.2, 0) is 19.6 Å². The molecule has 2 rings (SSSR count). The maximum atomic E-state index is 13.3. The van der Waals surface area contributed by atoms with Crippen molar-refractivity contribution in [3.63, 3.8) is 0 Å². The summed E-state index contributed by atoms with van der Waals surface area (Å²) in [7, 11) is -3.88. The summed E-state index contributed by atoms with van der Waals surface area (Å²) in [6, 6.07) is 4.85. The van der Waals surface area contributed by atoms with Gasteiger partial charge in [0.25, 0.3) is 0 Å². The molecule has 0 bridgehead atoms. The summed E-state index contributed by atoms with van der Waals surface area (Å²) in [4.78, 5) is 29.5. The third-order valence-electron chi connectivity index (χ3n) is 6.09. The molecule has 1 saturated heterocycles. The van der Waals surface area contributed by atoms with Crippen LogP contribution in [0.15, 0.2) is 29.2 Å². The Balaban J connectivity index is 1.98. The summed E-state index contributed by atoms with van der Waals surface area (Å²) < 4.78 is 28.3. The van der Waals surface area contributed by atoms with Crippen LogP contribution in [-0.4, -0.2) is 61.7 Å². The first-order chi connectivity index (χ1) is 15.6. The van der Waals surface area contributed by atoms with Gasteiger partial charge in [0.15, 0.2) is 0 Å². The minimum atomic E-state index is -3.88. The van der Waals surface area contributed by atoms with Crippen LogP contribution >= 0.6 is 11.6 Å². The van der Waals surface area contributed by atoms with E-state index in [2.05, 4.69) is 11.6 Å². The first-order valence-electron chi connectivity index (χ1n) is 11.9. The molecule has 2 unspecified atom stereocenters. The second-order valence-corrected chi connectivity index (χ2v) is 11.3. The van der Waals surface area contributed by atoms with E-state index >= 15 is 0 Å². The van der Waals surface area contributed by atoms with E-state index in [4.69, 9.17) is 11.6 Å². The lowest BCUT2D eigenvalue weighted by Gasteiger charge is -2.41. The minimum absolute atomic E-state index is 0.0630. The Hall–Kier alpha value is -1.64. The van der Waals surface area contributed by atoms with Crippen molar-refractivity contribution in [3.8, 4) is 0 Å². The second-order valence-electron chi connectivity index (χ2n) is 9.18. The molecule has 1 aromatic rings. The van der Waals surface area contributed by atoms with E-state index < -0.39 is 16.1 Å². The molecular weight excluding hydrogens is 462 g/mol. The van der Waals surface area contributed by atoms with E-state index in [1.807, 2.05) is 25.7 Å². The molecule has 0 aliphatic carbocycles. The van der Waals surface area contributed by atoms with Crippen molar-refractivity contribution >= 4 is 33.4 Å². The summed E-state index contributed by atoms with van der Waals surface area (Å²) in [5, 5.41) is 0.438. The fourth-order valence-corrected chi connectivity index (χ4v) is 5.53. The number of halogens is 1. The molecule has 2 amide bonds. The molecule has 1 heterocycles. The largest absolute Gasteiger partial charge is 0.337 e. The zero-order valence-electron chi connectivity index (χ0n) is 20.2. The smallest absolute Gasteiger partial charge is 0.241 e. The highest BCUT2D eigenvalue weighted by atomic mass is 35.5. The van der Waals surface area contributed by atoms with Gasteiger partial charge in [-0.2, -0.15) is 4.72 Å². The van der Waals surface area contributed by atoms with Crippen LogP contribution in [0.2, 0.25) is 5.02 Å². The summed E-state index contributed by atoms with van der Waals surface area (Å²) in [6.45, 7) is 9.00. The number of rotatable bonds is 11. The number of unbranched alkanes of at least 4 members (excludes halogenated alkanes) is 4. The maximum absolute atomic E-state index is 13.3. The molecule has 0 aromatic heterocycles. The predicted molar refractivity (Wildman–Crippen MR) is 132 cm³/mol. The summed E-state index contributed by atoms with van der Waals surface area (Å²) in [5.41, 5.74) is 0. The molecule has 1 aliphatic heterocycles. The van der Waals surface area contributed by atoms with E-state index in [0.29, 0.717) is 31.1 Å². The highest BCUT2D eigenvalue weighted by Crippen LogP contribution is 2.19. The second kappa shape index (κ2) is 12.7. The lowest BCUT2D eigenvalue weighted by molar-refractivity contribution is -0.144. The van der Waals surface area contributed by atoms with Gasteiger partial charge in [-0.15, -0.1) is 0 Å². The number of hydrogen-bond donors (Lipinski definition) is 1. The van der Waals surface area contributed by atoms with Crippen LogP contribution in [0.4, 0.5) is 0 Å². The molecule has 9 heteroatoms. The Morgan fingerprint density at radius 2 is 1.73 bits per heavy atom. The Morgan fingerprint density at radius 3 is 2.30 bits per heavy atom. The van der Waals surface area contributed by atoms with Gasteiger partial charge in [-0.05, 0) is 43.5 Å². The van der Waals surface area contributed by atoms with Crippen molar-refractivity contribution in [2.24, 2.45) is 5.92 Å². The zero-order chi connectivity index (χ0) is 24.6. The lowest BCUT2D eigenvalue weighted by Crippen LogP contribution is -2.59. The number of amides is 2. The highest BCUT2D eigenvalue weighted by molar-refractivity contribution is 7.89. The van der Waals surface area contributed by atoms with Crippen LogP contribution in [0.3, 0.4) is 0 Å². The number of carbonyl (C=O) groups excluding carboxylic acids is 2. The van der Waals surface area contributed by atoms with Gasteiger partial charge in [-0.3, -0.25) is 9.59 Å². The first-order valence-corrected chi connectivity index (χ1v) is 13.8. The van der Waals surface area contributed by atoms with Crippen molar-refractivity contribution in [2.45, 2.75) is 83.2 Å². The standard InChI is InChI=1S/C24H38ClN3O4S/c1-5-6-7-8-9-10-22(29)28-16-15-27(17-19(28)4)24(30)23(18(2)3)26-33(31,32)21-13-11-20(25)12-14-21/h11-14,18-19,23,26H,5-10,15-17H2,1-4H3. The van der Waals surface area contributed by atoms with Gasteiger partial charge >= 0.3 is 0 Å². The lowest BCUT2D eigenvalue weighted by atomic mass is 10.0. The Labute approximate surface area is 203 Å². The van der Waals surface area contributed by atoms with Gasteiger partial charge in [-0.1, -0.05) is 58.1 Å². The molecule has 0 saturated carbocycles. The van der Waals surface area contributed by atoms with E-state index in [9.17, 15) is 18.0 Å². The quantitative estimate of drug-likeness (QED) is 0.465. The summed E-state index contributed by atoms with van der Waals surface area (Å²) >= 11 is 5.86. The van der Waals surface area contributed by atoms with Crippen molar-refractivity contribution < 1.29 is 18.0 Å². The average Bonchev–Trinajstić information content (AvgIpc) is 2.76. The zero-order valence-corrected chi connectivity index (χ0v) is 21.8. The van der Waals surface area contributed by atoms with Crippen LogP contribution in [0.5, 0.6) is 0 Å². The van der Waals surface area contributed by atoms with Gasteiger partial charge in [0, 0.05) is 37.1 Å².